The number of rotatable bonds is 3. The van der Waals surface area contributed by atoms with Gasteiger partial charge >= 0.3 is 0 Å². The molecule has 3 aliphatic heterocycles. The van der Waals surface area contributed by atoms with Gasteiger partial charge in [0.25, 0.3) is 5.91 Å². The fraction of sp³-hybridized carbons (Fsp3) is 0.667. The smallest absolute Gasteiger partial charge is 0.254 e. The molecule has 3 amide bonds. The topological polar surface area (TPSA) is 75.7 Å². The molecule has 0 aromatic carbocycles. The largest absolute Gasteiger partial charge is 0.373 e. The minimum Gasteiger partial charge on any atom is -0.373 e. The summed E-state index contributed by atoms with van der Waals surface area (Å²) in [7, 11) is 0. The summed E-state index contributed by atoms with van der Waals surface area (Å²) in [6.07, 6.45) is 6.27. The Labute approximate surface area is 167 Å². The number of carbonyl (C=O) groups excluding carboxylic acids is 3. The number of nitrogens with one attached hydrogen (secondary N) is 1. The molecule has 4 fully saturated rings. The Morgan fingerprint density at radius 3 is 2.39 bits per heavy atom. The lowest BCUT2D eigenvalue weighted by Crippen LogP contribution is -2.36. The molecule has 0 radical (unpaired) electrons. The molecule has 5 aliphatic rings. The van der Waals surface area contributed by atoms with Crippen molar-refractivity contribution < 1.29 is 19.1 Å². The van der Waals surface area contributed by atoms with Crippen LogP contribution < -0.4 is 10.2 Å². The second kappa shape index (κ2) is 5.89. The van der Waals surface area contributed by atoms with Gasteiger partial charge in [0.1, 0.15) is 5.00 Å². The molecule has 0 spiro atoms. The normalized spacial score (nSPS) is 36.0. The van der Waals surface area contributed by atoms with E-state index in [4.69, 9.17) is 4.74 Å². The van der Waals surface area contributed by atoms with Crippen molar-refractivity contribution >= 4 is 34.1 Å². The Kier molecular flexibility index (Phi) is 3.61. The summed E-state index contributed by atoms with van der Waals surface area (Å²) >= 11 is 1.49. The van der Waals surface area contributed by atoms with E-state index in [1.807, 2.05) is 0 Å². The van der Waals surface area contributed by atoms with Gasteiger partial charge in [-0.05, 0) is 56.4 Å². The minimum absolute atomic E-state index is 0.110. The van der Waals surface area contributed by atoms with E-state index in [1.54, 1.807) is 0 Å². The monoisotopic (exact) mass is 400 g/mol. The number of hydrogen-bond acceptors (Lipinski definition) is 5. The van der Waals surface area contributed by atoms with E-state index in [2.05, 4.69) is 12.2 Å². The average molecular weight is 401 g/mol. The van der Waals surface area contributed by atoms with Crippen LogP contribution in [0.25, 0.3) is 0 Å². The number of nitrogens with zero attached hydrogens (tertiary/aromatic N) is 1. The van der Waals surface area contributed by atoms with Crippen LogP contribution in [0.3, 0.4) is 0 Å². The standard InChI is InChI=1S/C21H24N2O4S/c1-9-2-5-11-14(8-9)28-21(15(11)18(24)22-10-3-4-10)23-19(25)16-12-6-7-13(27-12)17(16)20(23)26/h9-10,12-13,16-17H,2-8H2,1H3,(H,22,24)/t9-,12-,13-,16-,17-/m0/s1. The molecular weight excluding hydrogens is 376 g/mol. The first-order valence-corrected chi connectivity index (χ1v) is 11.3. The molecule has 28 heavy (non-hydrogen) atoms. The van der Waals surface area contributed by atoms with Crippen LogP contribution in [0.15, 0.2) is 0 Å². The van der Waals surface area contributed by atoms with Crippen LogP contribution in [0.4, 0.5) is 5.00 Å². The van der Waals surface area contributed by atoms with E-state index in [0.29, 0.717) is 16.5 Å². The summed E-state index contributed by atoms with van der Waals surface area (Å²) in [5.74, 6) is -0.579. The van der Waals surface area contributed by atoms with Crippen LogP contribution >= 0.6 is 11.3 Å². The van der Waals surface area contributed by atoms with E-state index < -0.39 is 0 Å². The number of anilines is 1. The Hall–Kier alpha value is -1.73. The Balaban J connectivity index is 1.43. The van der Waals surface area contributed by atoms with Gasteiger partial charge in [-0.15, -0.1) is 11.3 Å². The number of imide groups is 1. The predicted molar refractivity (Wildman–Crippen MR) is 103 cm³/mol. The highest BCUT2D eigenvalue weighted by molar-refractivity contribution is 7.17. The van der Waals surface area contributed by atoms with Gasteiger partial charge in [-0.25, -0.2) is 4.90 Å². The van der Waals surface area contributed by atoms with Gasteiger partial charge in [-0.1, -0.05) is 6.92 Å². The zero-order chi connectivity index (χ0) is 19.2. The number of amides is 3. The number of carbonyl (C=O) groups is 3. The molecule has 4 heterocycles. The van der Waals surface area contributed by atoms with Crippen molar-refractivity contribution in [1.82, 2.24) is 5.32 Å². The molecule has 1 N–H and O–H groups in total. The van der Waals surface area contributed by atoms with Crippen molar-refractivity contribution in [3.05, 3.63) is 16.0 Å². The zero-order valence-electron chi connectivity index (χ0n) is 15.9. The van der Waals surface area contributed by atoms with Crippen LogP contribution in [-0.4, -0.2) is 36.0 Å². The molecular formula is C21H24N2O4S. The molecule has 6 nitrogen and oxygen atoms in total. The lowest BCUT2D eigenvalue weighted by Gasteiger charge is -2.19. The van der Waals surface area contributed by atoms with Gasteiger partial charge in [0.2, 0.25) is 11.8 Å². The number of thiophene rings is 1. The second-order valence-electron chi connectivity index (χ2n) is 9.13. The molecule has 6 rings (SSSR count). The van der Waals surface area contributed by atoms with Crippen molar-refractivity contribution in [2.45, 2.75) is 70.1 Å². The molecule has 5 atom stereocenters. The van der Waals surface area contributed by atoms with E-state index in [9.17, 15) is 14.4 Å². The van der Waals surface area contributed by atoms with Gasteiger partial charge in [0, 0.05) is 10.9 Å². The molecule has 148 valence electrons. The lowest BCUT2D eigenvalue weighted by atomic mass is 9.81. The fourth-order valence-electron chi connectivity index (χ4n) is 5.53. The van der Waals surface area contributed by atoms with Gasteiger partial charge < -0.3 is 10.1 Å². The maximum absolute atomic E-state index is 13.3. The van der Waals surface area contributed by atoms with E-state index in [-0.39, 0.29) is 47.8 Å². The first-order chi connectivity index (χ1) is 13.5. The SMILES string of the molecule is C[C@H]1CCc2c(sc(N3C(=O)[C@@H]4[C@@H](C3=O)[C@@H]3CC[C@@H]4O3)c2C(=O)NC2CC2)C1. The molecule has 3 saturated heterocycles. The summed E-state index contributed by atoms with van der Waals surface area (Å²) in [4.78, 5) is 42.2. The summed E-state index contributed by atoms with van der Waals surface area (Å²) < 4.78 is 5.85. The minimum atomic E-state index is -0.358. The zero-order valence-corrected chi connectivity index (χ0v) is 16.7. The third-order valence-electron chi connectivity index (χ3n) is 7.12. The lowest BCUT2D eigenvalue weighted by molar-refractivity contribution is -0.124. The Morgan fingerprint density at radius 2 is 1.75 bits per heavy atom. The molecule has 1 saturated carbocycles. The van der Waals surface area contributed by atoms with Crippen molar-refractivity contribution in [1.29, 1.82) is 0 Å². The molecule has 1 aromatic heterocycles. The van der Waals surface area contributed by atoms with Crippen molar-refractivity contribution in [2.75, 3.05) is 4.90 Å². The first kappa shape index (κ1) is 17.2. The van der Waals surface area contributed by atoms with Crippen LogP contribution in [0.2, 0.25) is 0 Å². The van der Waals surface area contributed by atoms with Gasteiger partial charge in [-0.3, -0.25) is 14.4 Å². The van der Waals surface area contributed by atoms with Crippen LogP contribution in [-0.2, 0) is 27.2 Å². The number of hydrogen-bond donors (Lipinski definition) is 1. The van der Waals surface area contributed by atoms with E-state index in [1.165, 1.54) is 21.1 Å². The van der Waals surface area contributed by atoms with Crippen LogP contribution in [0, 0.1) is 17.8 Å². The summed E-state index contributed by atoms with van der Waals surface area (Å²) in [5, 5.41) is 3.66. The molecule has 7 heteroatoms. The van der Waals surface area contributed by atoms with Crippen molar-refractivity contribution in [3.63, 3.8) is 0 Å². The third kappa shape index (κ3) is 2.32. The van der Waals surface area contributed by atoms with Gasteiger partial charge in [-0.2, -0.15) is 0 Å². The number of ether oxygens (including phenoxy) is 1. The maximum Gasteiger partial charge on any atom is 0.254 e. The van der Waals surface area contributed by atoms with Crippen molar-refractivity contribution in [3.8, 4) is 0 Å². The highest BCUT2D eigenvalue weighted by Crippen LogP contribution is 2.52. The quantitative estimate of drug-likeness (QED) is 0.791. The second-order valence-corrected chi connectivity index (χ2v) is 10.2. The summed E-state index contributed by atoms with van der Waals surface area (Å²) in [5.41, 5.74) is 1.65. The molecule has 1 aromatic rings. The van der Waals surface area contributed by atoms with Crippen LogP contribution in [0.1, 0.15) is 59.8 Å². The molecule has 2 bridgehead atoms. The molecule has 0 unspecified atom stereocenters. The van der Waals surface area contributed by atoms with E-state index in [0.717, 1.165) is 50.5 Å². The first-order valence-electron chi connectivity index (χ1n) is 10.5. The Morgan fingerprint density at radius 1 is 1.07 bits per heavy atom. The van der Waals surface area contributed by atoms with Crippen LogP contribution in [0.5, 0.6) is 0 Å². The predicted octanol–water partition coefficient (Wildman–Crippen LogP) is 2.43. The number of fused-ring (bicyclic) bond motifs is 6. The average Bonchev–Trinajstić information content (AvgIpc) is 3.03. The molecule has 2 aliphatic carbocycles. The third-order valence-corrected chi connectivity index (χ3v) is 8.36. The maximum atomic E-state index is 13.3. The van der Waals surface area contributed by atoms with Gasteiger partial charge in [0.15, 0.2) is 0 Å². The highest BCUT2D eigenvalue weighted by atomic mass is 32.1. The summed E-state index contributed by atoms with van der Waals surface area (Å²) in [6, 6.07) is 0.243. The summed E-state index contributed by atoms with van der Waals surface area (Å²) in [6.45, 7) is 2.22. The van der Waals surface area contributed by atoms with E-state index >= 15 is 0 Å². The highest BCUT2D eigenvalue weighted by Gasteiger charge is 2.63. The Bertz CT molecular complexity index is 876. The fourth-order valence-corrected chi connectivity index (χ4v) is 7.04. The van der Waals surface area contributed by atoms with Crippen molar-refractivity contribution in [2.24, 2.45) is 17.8 Å². The van der Waals surface area contributed by atoms with Gasteiger partial charge in [0.05, 0.1) is 29.6 Å².